The van der Waals surface area contributed by atoms with Crippen molar-refractivity contribution in [2.45, 2.75) is 13.8 Å². The van der Waals surface area contributed by atoms with Crippen LogP contribution in [0.2, 0.25) is 0 Å². The summed E-state index contributed by atoms with van der Waals surface area (Å²) in [5, 5.41) is 3.09. The minimum atomic E-state index is 0.904. The Balaban J connectivity index is 2.99. The molecular weight excluding hydrogens is 172 g/mol. The molecule has 0 saturated heterocycles. The quantitative estimate of drug-likeness (QED) is 0.560. The number of hydrogen-bond acceptors (Lipinski definition) is 1. The summed E-state index contributed by atoms with van der Waals surface area (Å²) in [6, 6.07) is 10.1. The van der Waals surface area contributed by atoms with Gasteiger partial charge in [0.25, 0.3) is 0 Å². The first-order valence-electron chi connectivity index (χ1n) is 4.72. The molecule has 2 heteroatoms. The third-order valence-electron chi connectivity index (χ3n) is 1.99. The number of benzene rings is 1. The van der Waals surface area contributed by atoms with Crippen LogP contribution < -0.4 is 5.32 Å². The molecule has 0 aliphatic rings. The van der Waals surface area contributed by atoms with Crippen molar-refractivity contribution >= 4 is 5.84 Å². The molecule has 0 bridgehead atoms. The third kappa shape index (κ3) is 2.73. The van der Waals surface area contributed by atoms with Crippen molar-refractivity contribution in [1.82, 2.24) is 5.32 Å². The van der Waals surface area contributed by atoms with Crippen LogP contribution >= 0.6 is 0 Å². The number of hydrogen-bond donors (Lipinski definition) is 1. The van der Waals surface area contributed by atoms with Gasteiger partial charge in [0, 0.05) is 18.3 Å². The Bertz CT molecular complexity index is 337. The largest absolute Gasteiger partial charge is 0.373 e. The minimum Gasteiger partial charge on any atom is -0.373 e. The molecule has 0 amide bonds. The molecule has 2 nitrogen and oxygen atoms in total. The van der Waals surface area contributed by atoms with Crippen molar-refractivity contribution in [2.24, 2.45) is 4.99 Å². The molecule has 1 rings (SSSR count). The van der Waals surface area contributed by atoms with E-state index in [1.807, 2.05) is 57.3 Å². The second-order valence-corrected chi connectivity index (χ2v) is 3.01. The summed E-state index contributed by atoms with van der Waals surface area (Å²) in [5.74, 6) is 0.904. The predicted octanol–water partition coefficient (Wildman–Crippen LogP) is 2.58. The maximum absolute atomic E-state index is 4.45. The molecule has 1 aromatic carbocycles. The first kappa shape index (κ1) is 10.5. The Morgan fingerprint density at radius 3 is 2.43 bits per heavy atom. The monoisotopic (exact) mass is 188 g/mol. The molecule has 1 N–H and O–H groups in total. The van der Waals surface area contributed by atoms with Gasteiger partial charge in [-0.2, -0.15) is 0 Å². The lowest BCUT2D eigenvalue weighted by atomic mass is 10.2. The van der Waals surface area contributed by atoms with Gasteiger partial charge >= 0.3 is 0 Å². The molecule has 0 atom stereocenters. The Hall–Kier alpha value is -1.57. The molecule has 0 radical (unpaired) electrons. The summed E-state index contributed by atoms with van der Waals surface area (Å²) in [4.78, 5) is 4.45. The maximum Gasteiger partial charge on any atom is 0.133 e. The van der Waals surface area contributed by atoms with Crippen molar-refractivity contribution in [3.63, 3.8) is 0 Å². The summed E-state index contributed by atoms with van der Waals surface area (Å²) < 4.78 is 0. The molecular formula is C12H16N2. The minimum absolute atomic E-state index is 0.904. The van der Waals surface area contributed by atoms with Gasteiger partial charge in [0.1, 0.15) is 5.84 Å². The van der Waals surface area contributed by atoms with E-state index in [4.69, 9.17) is 0 Å². The summed E-state index contributed by atoms with van der Waals surface area (Å²) in [6.45, 7) is 3.97. The summed E-state index contributed by atoms with van der Waals surface area (Å²) in [6.07, 6.45) is 1.99. The van der Waals surface area contributed by atoms with Crippen molar-refractivity contribution in [1.29, 1.82) is 0 Å². The molecule has 0 aliphatic carbocycles. The van der Waals surface area contributed by atoms with Crippen molar-refractivity contribution < 1.29 is 0 Å². The van der Waals surface area contributed by atoms with Crippen LogP contribution in [0, 0.1) is 0 Å². The molecule has 0 spiro atoms. The number of aliphatic imine (C=N–C) groups is 1. The SMILES string of the molecule is C/C=C(C)\N=C(/NC)c1ccccc1. The van der Waals surface area contributed by atoms with Gasteiger partial charge in [-0.3, -0.25) is 0 Å². The molecule has 74 valence electrons. The molecule has 0 unspecified atom stereocenters. The van der Waals surface area contributed by atoms with E-state index in [2.05, 4.69) is 10.3 Å². The van der Waals surface area contributed by atoms with Crippen LogP contribution in [0.15, 0.2) is 47.1 Å². The van der Waals surface area contributed by atoms with E-state index in [1.165, 1.54) is 0 Å². The van der Waals surface area contributed by atoms with Crippen molar-refractivity contribution in [2.75, 3.05) is 7.05 Å². The second-order valence-electron chi connectivity index (χ2n) is 3.01. The van der Waals surface area contributed by atoms with Crippen LogP contribution in [0.1, 0.15) is 19.4 Å². The number of rotatable bonds is 2. The fraction of sp³-hybridized carbons (Fsp3) is 0.250. The summed E-state index contributed by atoms with van der Waals surface area (Å²) in [7, 11) is 1.88. The molecule has 0 saturated carbocycles. The zero-order valence-electron chi connectivity index (χ0n) is 8.91. The topological polar surface area (TPSA) is 24.4 Å². The molecule has 0 aromatic heterocycles. The number of nitrogens with zero attached hydrogens (tertiary/aromatic N) is 1. The lowest BCUT2D eigenvalue weighted by molar-refractivity contribution is 1.13. The van der Waals surface area contributed by atoms with Gasteiger partial charge in [-0.25, -0.2) is 4.99 Å². The van der Waals surface area contributed by atoms with Gasteiger partial charge < -0.3 is 5.32 Å². The van der Waals surface area contributed by atoms with Gasteiger partial charge in [0.15, 0.2) is 0 Å². The van der Waals surface area contributed by atoms with E-state index >= 15 is 0 Å². The standard InChI is InChI=1S/C12H16N2/c1-4-10(2)14-12(13-3)11-8-6-5-7-9-11/h4-9H,1-3H3,(H,13,14)/b10-4-. The zero-order chi connectivity index (χ0) is 10.4. The van der Waals surface area contributed by atoms with Crippen LogP contribution in [0.3, 0.4) is 0 Å². The molecule has 1 aromatic rings. The number of amidine groups is 1. The summed E-state index contributed by atoms with van der Waals surface area (Å²) >= 11 is 0. The Morgan fingerprint density at radius 2 is 1.93 bits per heavy atom. The Morgan fingerprint density at radius 1 is 1.29 bits per heavy atom. The van der Waals surface area contributed by atoms with Crippen LogP contribution in [-0.2, 0) is 0 Å². The van der Waals surface area contributed by atoms with Gasteiger partial charge in [-0.15, -0.1) is 0 Å². The lowest BCUT2D eigenvalue weighted by Crippen LogP contribution is -2.19. The maximum atomic E-state index is 4.45. The first-order chi connectivity index (χ1) is 6.77. The van der Waals surface area contributed by atoms with Crippen LogP contribution in [-0.4, -0.2) is 12.9 Å². The van der Waals surface area contributed by atoms with E-state index in [1.54, 1.807) is 0 Å². The second kappa shape index (κ2) is 5.22. The highest BCUT2D eigenvalue weighted by Crippen LogP contribution is 2.02. The Kier molecular flexibility index (Phi) is 3.92. The van der Waals surface area contributed by atoms with E-state index in [0.717, 1.165) is 17.1 Å². The van der Waals surface area contributed by atoms with Gasteiger partial charge in [-0.1, -0.05) is 36.4 Å². The highest BCUT2D eigenvalue weighted by atomic mass is 15.0. The van der Waals surface area contributed by atoms with Gasteiger partial charge in [0.2, 0.25) is 0 Å². The van der Waals surface area contributed by atoms with E-state index in [0.29, 0.717) is 0 Å². The van der Waals surface area contributed by atoms with Crippen molar-refractivity contribution in [3.8, 4) is 0 Å². The van der Waals surface area contributed by atoms with Crippen LogP contribution in [0.25, 0.3) is 0 Å². The smallest absolute Gasteiger partial charge is 0.133 e. The molecule has 0 aliphatic heterocycles. The van der Waals surface area contributed by atoms with Crippen LogP contribution in [0.4, 0.5) is 0 Å². The lowest BCUT2D eigenvalue weighted by Gasteiger charge is -2.05. The first-order valence-corrected chi connectivity index (χ1v) is 4.72. The average Bonchev–Trinajstić information content (AvgIpc) is 2.26. The van der Waals surface area contributed by atoms with Gasteiger partial charge in [0.05, 0.1) is 0 Å². The zero-order valence-corrected chi connectivity index (χ0v) is 8.91. The number of nitrogens with one attached hydrogen (secondary N) is 1. The van der Waals surface area contributed by atoms with Crippen LogP contribution in [0.5, 0.6) is 0 Å². The van der Waals surface area contributed by atoms with Crippen molar-refractivity contribution in [3.05, 3.63) is 47.7 Å². The summed E-state index contributed by atoms with van der Waals surface area (Å²) in [5.41, 5.74) is 2.12. The predicted molar refractivity (Wildman–Crippen MR) is 61.5 cm³/mol. The fourth-order valence-electron chi connectivity index (χ4n) is 1.10. The van der Waals surface area contributed by atoms with E-state index in [-0.39, 0.29) is 0 Å². The number of allylic oxidation sites excluding steroid dienone is 2. The average molecular weight is 188 g/mol. The highest BCUT2D eigenvalue weighted by Gasteiger charge is 1.98. The Labute approximate surface area is 85.4 Å². The van der Waals surface area contributed by atoms with E-state index < -0.39 is 0 Å². The molecule has 0 fully saturated rings. The fourth-order valence-corrected chi connectivity index (χ4v) is 1.10. The normalized spacial score (nSPS) is 12.8. The van der Waals surface area contributed by atoms with Gasteiger partial charge in [-0.05, 0) is 13.8 Å². The third-order valence-corrected chi connectivity index (χ3v) is 1.99. The molecule has 0 heterocycles. The highest BCUT2D eigenvalue weighted by molar-refractivity contribution is 5.99. The molecule has 14 heavy (non-hydrogen) atoms. The van der Waals surface area contributed by atoms with E-state index in [9.17, 15) is 0 Å².